The highest BCUT2D eigenvalue weighted by atomic mass is 79.9. The van der Waals surface area contributed by atoms with E-state index in [-0.39, 0.29) is 10.2 Å². The largest absolute Gasteiger partial charge is 0.216 e. The minimum Gasteiger partial charge on any atom is -0.216 e. The Balaban J connectivity index is 2.65. The first-order chi connectivity index (χ1) is 7.50. The second kappa shape index (κ2) is 3.93. The lowest BCUT2D eigenvalue weighted by Crippen LogP contribution is -2.03. The van der Waals surface area contributed by atoms with Crippen LogP contribution in [0.15, 0.2) is 16.6 Å². The van der Waals surface area contributed by atoms with Gasteiger partial charge in [-0.2, -0.15) is 5.10 Å². The molecular weight excluding hydrogens is 280 g/mol. The maximum atomic E-state index is 13.7. The van der Waals surface area contributed by atoms with Gasteiger partial charge in [-0.15, -0.1) is 0 Å². The monoisotopic (exact) mass is 286 g/mol. The number of nitrogens with zero attached hydrogens (tertiary/aromatic N) is 3. The van der Waals surface area contributed by atoms with Crippen molar-refractivity contribution in [2.24, 2.45) is 0 Å². The highest BCUT2D eigenvalue weighted by Gasteiger charge is 2.15. The van der Waals surface area contributed by atoms with E-state index in [1.807, 2.05) is 0 Å². The van der Waals surface area contributed by atoms with Crippen molar-refractivity contribution in [3.63, 3.8) is 0 Å². The van der Waals surface area contributed by atoms with Crippen LogP contribution in [-0.4, -0.2) is 14.8 Å². The van der Waals surface area contributed by atoms with Gasteiger partial charge in [-0.05, 0) is 35.0 Å². The van der Waals surface area contributed by atoms with Gasteiger partial charge in [0, 0.05) is 6.92 Å². The SMILES string of the molecule is [CH2]c1nc(C)nn1-c1ccc(F)c(Br)c1F. The van der Waals surface area contributed by atoms with Crippen molar-refractivity contribution in [1.82, 2.24) is 14.8 Å². The molecule has 0 atom stereocenters. The molecule has 2 aromatic rings. The Morgan fingerprint density at radius 1 is 1.38 bits per heavy atom. The van der Waals surface area contributed by atoms with Gasteiger partial charge in [-0.1, -0.05) is 0 Å². The van der Waals surface area contributed by atoms with E-state index in [1.54, 1.807) is 6.92 Å². The van der Waals surface area contributed by atoms with Gasteiger partial charge in [0.25, 0.3) is 0 Å². The van der Waals surface area contributed by atoms with Crippen LogP contribution in [0.5, 0.6) is 0 Å². The minimum absolute atomic E-state index is 0.110. The zero-order valence-corrected chi connectivity index (χ0v) is 9.92. The smallest absolute Gasteiger partial charge is 0.166 e. The number of benzene rings is 1. The van der Waals surface area contributed by atoms with Crippen molar-refractivity contribution >= 4 is 15.9 Å². The Labute approximate surface area is 99.2 Å². The summed E-state index contributed by atoms with van der Waals surface area (Å²) in [5.41, 5.74) is 0.110. The molecule has 6 heteroatoms. The number of hydrogen-bond acceptors (Lipinski definition) is 2. The standard InChI is InChI=1S/C10H7BrF2N3/c1-5-14-6(2)16(15-5)8-4-3-7(12)9(11)10(8)13/h3-4H,2H2,1H3. The van der Waals surface area contributed by atoms with Gasteiger partial charge in [0.2, 0.25) is 0 Å². The topological polar surface area (TPSA) is 30.7 Å². The lowest BCUT2D eigenvalue weighted by atomic mass is 10.3. The maximum Gasteiger partial charge on any atom is 0.166 e. The molecule has 0 aliphatic carbocycles. The molecule has 83 valence electrons. The third-order valence-corrected chi connectivity index (χ3v) is 2.75. The molecule has 0 saturated heterocycles. The predicted molar refractivity (Wildman–Crippen MR) is 58.2 cm³/mol. The molecule has 16 heavy (non-hydrogen) atoms. The summed E-state index contributed by atoms with van der Waals surface area (Å²) < 4.78 is 27.8. The van der Waals surface area contributed by atoms with Gasteiger partial charge in [0.05, 0.1) is 4.47 Å². The molecule has 0 amide bonds. The van der Waals surface area contributed by atoms with Crippen molar-refractivity contribution in [3.05, 3.63) is 46.8 Å². The van der Waals surface area contributed by atoms with Gasteiger partial charge in [0.1, 0.15) is 23.2 Å². The molecule has 0 fully saturated rings. The zero-order chi connectivity index (χ0) is 11.9. The number of rotatable bonds is 1. The molecule has 1 heterocycles. The van der Waals surface area contributed by atoms with Crippen LogP contribution in [0.1, 0.15) is 11.6 Å². The summed E-state index contributed by atoms with van der Waals surface area (Å²) in [5.74, 6) is -0.613. The number of aryl methyl sites for hydroxylation is 1. The predicted octanol–water partition coefficient (Wildman–Crippen LogP) is 2.80. The van der Waals surface area contributed by atoms with Crippen molar-refractivity contribution in [1.29, 1.82) is 0 Å². The highest BCUT2D eigenvalue weighted by Crippen LogP contribution is 2.25. The second-order valence-electron chi connectivity index (χ2n) is 3.18. The fourth-order valence-electron chi connectivity index (χ4n) is 1.33. The molecule has 2 rings (SSSR count). The molecule has 0 spiro atoms. The third-order valence-electron chi connectivity index (χ3n) is 2.02. The van der Waals surface area contributed by atoms with Gasteiger partial charge in [-0.25, -0.2) is 18.4 Å². The average molecular weight is 287 g/mol. The van der Waals surface area contributed by atoms with E-state index in [9.17, 15) is 8.78 Å². The third kappa shape index (κ3) is 1.73. The Morgan fingerprint density at radius 2 is 2.06 bits per heavy atom. The second-order valence-corrected chi connectivity index (χ2v) is 3.97. The van der Waals surface area contributed by atoms with E-state index in [2.05, 4.69) is 32.9 Å². The number of hydrogen-bond donors (Lipinski definition) is 0. The number of aromatic nitrogens is 3. The molecule has 0 unspecified atom stereocenters. The summed E-state index contributed by atoms with van der Waals surface area (Å²) >= 11 is 2.83. The van der Waals surface area contributed by atoms with Crippen LogP contribution in [0.3, 0.4) is 0 Å². The fraction of sp³-hybridized carbons (Fsp3) is 0.100. The van der Waals surface area contributed by atoms with Gasteiger partial charge in [-0.3, -0.25) is 0 Å². The lowest BCUT2D eigenvalue weighted by molar-refractivity contribution is 0.561. The van der Waals surface area contributed by atoms with E-state index >= 15 is 0 Å². The highest BCUT2D eigenvalue weighted by molar-refractivity contribution is 9.10. The Kier molecular flexibility index (Phi) is 2.75. The van der Waals surface area contributed by atoms with Crippen molar-refractivity contribution in [2.45, 2.75) is 6.92 Å². The molecular formula is C10H7BrF2N3. The Bertz CT molecular complexity index is 551. The van der Waals surface area contributed by atoms with Gasteiger partial charge >= 0.3 is 0 Å². The zero-order valence-electron chi connectivity index (χ0n) is 8.34. The average Bonchev–Trinajstić information content (AvgIpc) is 2.55. The fourth-order valence-corrected chi connectivity index (χ4v) is 1.67. The first-order valence-corrected chi connectivity index (χ1v) is 5.19. The quantitative estimate of drug-likeness (QED) is 0.755. The maximum absolute atomic E-state index is 13.7. The summed E-state index contributed by atoms with van der Waals surface area (Å²) in [6.07, 6.45) is 0. The van der Waals surface area contributed by atoms with Crippen molar-refractivity contribution in [3.8, 4) is 5.69 Å². The van der Waals surface area contributed by atoms with E-state index in [0.717, 1.165) is 6.07 Å². The molecule has 1 radical (unpaired) electrons. The molecule has 0 N–H and O–H groups in total. The van der Waals surface area contributed by atoms with Gasteiger partial charge in [0.15, 0.2) is 5.82 Å². The summed E-state index contributed by atoms with van der Waals surface area (Å²) in [6, 6.07) is 2.44. The van der Waals surface area contributed by atoms with E-state index < -0.39 is 11.6 Å². The Hall–Kier alpha value is -1.30. The molecule has 0 aliphatic rings. The van der Waals surface area contributed by atoms with Crippen LogP contribution < -0.4 is 0 Å². The van der Waals surface area contributed by atoms with Crippen LogP contribution in [0.25, 0.3) is 5.69 Å². The summed E-state index contributed by atoms with van der Waals surface area (Å²) in [7, 11) is 0. The molecule has 3 nitrogen and oxygen atoms in total. The Morgan fingerprint density at radius 3 is 2.62 bits per heavy atom. The van der Waals surface area contributed by atoms with E-state index in [1.165, 1.54) is 10.7 Å². The summed E-state index contributed by atoms with van der Waals surface area (Å²) in [5, 5.41) is 3.97. The van der Waals surface area contributed by atoms with Crippen molar-refractivity contribution < 1.29 is 8.78 Å². The molecule has 0 saturated carbocycles. The van der Waals surface area contributed by atoms with Crippen LogP contribution in [-0.2, 0) is 0 Å². The molecule has 1 aromatic heterocycles. The van der Waals surface area contributed by atoms with E-state index in [4.69, 9.17) is 0 Å². The number of halogens is 3. The van der Waals surface area contributed by atoms with Crippen LogP contribution in [0.4, 0.5) is 8.78 Å². The lowest BCUT2D eigenvalue weighted by Gasteiger charge is -2.06. The van der Waals surface area contributed by atoms with E-state index in [0.29, 0.717) is 11.6 Å². The molecule has 1 aromatic carbocycles. The molecule has 0 aliphatic heterocycles. The van der Waals surface area contributed by atoms with Crippen LogP contribution in [0, 0.1) is 25.5 Å². The first kappa shape index (κ1) is 11.2. The van der Waals surface area contributed by atoms with Crippen LogP contribution >= 0.6 is 15.9 Å². The summed E-state index contributed by atoms with van der Waals surface area (Å²) in [6.45, 7) is 5.29. The first-order valence-electron chi connectivity index (χ1n) is 4.40. The van der Waals surface area contributed by atoms with Crippen LogP contribution in [0.2, 0.25) is 0 Å². The van der Waals surface area contributed by atoms with Crippen molar-refractivity contribution in [2.75, 3.05) is 0 Å². The molecule has 0 bridgehead atoms. The normalized spacial score (nSPS) is 10.8. The minimum atomic E-state index is -0.727. The van der Waals surface area contributed by atoms with Gasteiger partial charge < -0.3 is 0 Å². The summed E-state index contributed by atoms with van der Waals surface area (Å²) in [4.78, 5) is 3.95.